The highest BCUT2D eigenvalue weighted by molar-refractivity contribution is 5.67. The van der Waals surface area contributed by atoms with Crippen molar-refractivity contribution in [3.63, 3.8) is 0 Å². The van der Waals surface area contributed by atoms with E-state index in [0.717, 1.165) is 30.0 Å². The summed E-state index contributed by atoms with van der Waals surface area (Å²) in [4.78, 5) is 8.78. The molecule has 0 atom stereocenters. The molecule has 0 aliphatic rings. The Labute approximate surface area is 130 Å². The zero-order valence-corrected chi connectivity index (χ0v) is 13.2. The van der Waals surface area contributed by atoms with Gasteiger partial charge in [-0.1, -0.05) is 25.1 Å². The summed E-state index contributed by atoms with van der Waals surface area (Å²) >= 11 is 0. The topological polar surface area (TPSA) is 82.3 Å². The average Bonchev–Trinajstić information content (AvgIpc) is 2.55. The summed E-state index contributed by atoms with van der Waals surface area (Å²) in [6, 6.07) is 7.81. The Bertz CT molecular complexity index is 632. The number of para-hydroxylation sites is 1. The van der Waals surface area contributed by atoms with E-state index in [1.807, 2.05) is 24.3 Å². The van der Waals surface area contributed by atoms with Crippen LogP contribution in [0, 0.1) is 0 Å². The SMILES string of the molecule is CCCc1nc(NCc2ccccc2OC)c(N)c(OC)n1. The van der Waals surface area contributed by atoms with Gasteiger partial charge in [-0.3, -0.25) is 0 Å². The second-order valence-electron chi connectivity index (χ2n) is 4.83. The molecule has 6 heteroatoms. The van der Waals surface area contributed by atoms with E-state index < -0.39 is 0 Å². The van der Waals surface area contributed by atoms with Crippen LogP contribution in [0.5, 0.6) is 11.6 Å². The van der Waals surface area contributed by atoms with E-state index in [1.54, 1.807) is 14.2 Å². The third-order valence-corrected chi connectivity index (χ3v) is 3.26. The van der Waals surface area contributed by atoms with Crippen LogP contribution in [0.4, 0.5) is 11.5 Å². The van der Waals surface area contributed by atoms with E-state index in [4.69, 9.17) is 15.2 Å². The molecule has 0 amide bonds. The van der Waals surface area contributed by atoms with Crippen molar-refractivity contribution in [2.24, 2.45) is 0 Å². The second kappa shape index (κ2) is 7.49. The molecule has 22 heavy (non-hydrogen) atoms. The summed E-state index contributed by atoms with van der Waals surface area (Å²) in [6.07, 6.45) is 1.74. The van der Waals surface area contributed by atoms with Crippen LogP contribution in [-0.4, -0.2) is 24.2 Å². The minimum absolute atomic E-state index is 0.404. The lowest BCUT2D eigenvalue weighted by atomic mass is 10.2. The first kappa shape index (κ1) is 15.9. The van der Waals surface area contributed by atoms with E-state index in [0.29, 0.717) is 23.9 Å². The molecule has 0 saturated heterocycles. The zero-order valence-electron chi connectivity index (χ0n) is 13.2. The van der Waals surface area contributed by atoms with Gasteiger partial charge in [-0.25, -0.2) is 4.98 Å². The van der Waals surface area contributed by atoms with Crippen LogP contribution in [-0.2, 0) is 13.0 Å². The standard InChI is InChI=1S/C16H22N4O2/c1-4-7-13-19-15(14(17)16(20-13)22-3)18-10-11-8-5-6-9-12(11)21-2/h5-6,8-9H,4,7,10,17H2,1-3H3,(H,18,19,20). The Morgan fingerprint density at radius 1 is 1.14 bits per heavy atom. The normalized spacial score (nSPS) is 10.3. The van der Waals surface area contributed by atoms with Gasteiger partial charge in [0.25, 0.3) is 0 Å². The molecular formula is C16H22N4O2. The lowest BCUT2D eigenvalue weighted by Crippen LogP contribution is -2.10. The van der Waals surface area contributed by atoms with Gasteiger partial charge in [0.1, 0.15) is 17.3 Å². The number of aromatic nitrogens is 2. The summed E-state index contributed by atoms with van der Waals surface area (Å²) in [7, 11) is 3.21. The largest absolute Gasteiger partial charge is 0.496 e. The van der Waals surface area contributed by atoms with Crippen molar-refractivity contribution in [1.82, 2.24) is 9.97 Å². The van der Waals surface area contributed by atoms with Crippen LogP contribution in [0.2, 0.25) is 0 Å². The quantitative estimate of drug-likeness (QED) is 0.818. The minimum Gasteiger partial charge on any atom is -0.496 e. The molecule has 6 nitrogen and oxygen atoms in total. The number of nitrogen functional groups attached to an aromatic ring is 1. The molecule has 2 rings (SSSR count). The number of nitrogens with two attached hydrogens (primary N) is 1. The number of hydrogen-bond donors (Lipinski definition) is 2. The summed E-state index contributed by atoms with van der Waals surface area (Å²) in [5, 5.41) is 3.24. The smallest absolute Gasteiger partial charge is 0.242 e. The number of rotatable bonds is 7. The van der Waals surface area contributed by atoms with E-state index >= 15 is 0 Å². The van der Waals surface area contributed by atoms with Crippen molar-refractivity contribution in [3.8, 4) is 11.6 Å². The van der Waals surface area contributed by atoms with E-state index in [-0.39, 0.29) is 0 Å². The summed E-state index contributed by atoms with van der Waals surface area (Å²) in [6.45, 7) is 2.63. The molecule has 1 aromatic carbocycles. The Morgan fingerprint density at radius 2 is 1.91 bits per heavy atom. The van der Waals surface area contributed by atoms with Gasteiger partial charge >= 0.3 is 0 Å². The molecule has 0 fully saturated rings. The average molecular weight is 302 g/mol. The van der Waals surface area contributed by atoms with Gasteiger partial charge < -0.3 is 20.5 Å². The molecular weight excluding hydrogens is 280 g/mol. The van der Waals surface area contributed by atoms with Crippen molar-refractivity contribution in [1.29, 1.82) is 0 Å². The highest BCUT2D eigenvalue weighted by Gasteiger charge is 2.12. The lowest BCUT2D eigenvalue weighted by Gasteiger charge is -2.14. The fourth-order valence-corrected chi connectivity index (χ4v) is 2.15. The summed E-state index contributed by atoms with van der Waals surface area (Å²) < 4.78 is 10.6. The molecule has 1 heterocycles. The van der Waals surface area contributed by atoms with Crippen LogP contribution in [0.25, 0.3) is 0 Å². The highest BCUT2D eigenvalue weighted by atomic mass is 16.5. The van der Waals surface area contributed by atoms with Crippen molar-refractivity contribution in [3.05, 3.63) is 35.7 Å². The molecule has 0 radical (unpaired) electrons. The molecule has 0 spiro atoms. The Balaban J connectivity index is 2.23. The van der Waals surface area contributed by atoms with Crippen molar-refractivity contribution in [2.75, 3.05) is 25.3 Å². The molecule has 2 aromatic rings. The maximum atomic E-state index is 6.05. The number of anilines is 2. The molecule has 0 unspecified atom stereocenters. The number of methoxy groups -OCH3 is 2. The third kappa shape index (κ3) is 3.58. The number of benzene rings is 1. The van der Waals surface area contributed by atoms with E-state index in [9.17, 15) is 0 Å². The zero-order chi connectivity index (χ0) is 15.9. The molecule has 0 bridgehead atoms. The maximum absolute atomic E-state index is 6.05. The lowest BCUT2D eigenvalue weighted by molar-refractivity contribution is 0.397. The Morgan fingerprint density at radius 3 is 2.59 bits per heavy atom. The molecule has 1 aromatic heterocycles. The van der Waals surface area contributed by atoms with Gasteiger partial charge in [-0.15, -0.1) is 0 Å². The number of aryl methyl sites for hydroxylation is 1. The Kier molecular flexibility index (Phi) is 5.41. The molecule has 0 saturated carbocycles. The predicted octanol–water partition coefficient (Wildman–Crippen LogP) is 2.64. The molecule has 118 valence electrons. The van der Waals surface area contributed by atoms with E-state index in [2.05, 4.69) is 22.2 Å². The van der Waals surface area contributed by atoms with Crippen LogP contribution in [0.1, 0.15) is 24.7 Å². The highest BCUT2D eigenvalue weighted by Crippen LogP contribution is 2.27. The number of hydrogen-bond acceptors (Lipinski definition) is 6. The maximum Gasteiger partial charge on any atom is 0.242 e. The number of nitrogens with one attached hydrogen (secondary N) is 1. The number of ether oxygens (including phenoxy) is 2. The Hall–Kier alpha value is -2.50. The van der Waals surface area contributed by atoms with Crippen LogP contribution in [0.3, 0.4) is 0 Å². The van der Waals surface area contributed by atoms with Gasteiger partial charge in [0.15, 0.2) is 5.82 Å². The van der Waals surface area contributed by atoms with Gasteiger partial charge in [-0.05, 0) is 12.5 Å². The van der Waals surface area contributed by atoms with Gasteiger partial charge in [0.2, 0.25) is 5.88 Å². The monoisotopic (exact) mass is 302 g/mol. The fraction of sp³-hybridized carbons (Fsp3) is 0.375. The second-order valence-corrected chi connectivity index (χ2v) is 4.83. The van der Waals surface area contributed by atoms with Gasteiger partial charge in [0, 0.05) is 18.5 Å². The molecule has 3 N–H and O–H groups in total. The molecule has 0 aliphatic heterocycles. The van der Waals surface area contributed by atoms with Crippen molar-refractivity contribution >= 4 is 11.5 Å². The predicted molar refractivity (Wildman–Crippen MR) is 87.3 cm³/mol. The van der Waals surface area contributed by atoms with Crippen LogP contribution < -0.4 is 20.5 Å². The van der Waals surface area contributed by atoms with Crippen molar-refractivity contribution < 1.29 is 9.47 Å². The first-order chi connectivity index (χ1) is 10.7. The fourth-order valence-electron chi connectivity index (χ4n) is 2.15. The minimum atomic E-state index is 0.404. The summed E-state index contributed by atoms with van der Waals surface area (Å²) in [5.41, 5.74) is 7.49. The molecule has 0 aliphatic carbocycles. The van der Waals surface area contributed by atoms with E-state index in [1.165, 1.54) is 0 Å². The van der Waals surface area contributed by atoms with Crippen LogP contribution in [0.15, 0.2) is 24.3 Å². The van der Waals surface area contributed by atoms with Crippen LogP contribution >= 0.6 is 0 Å². The first-order valence-electron chi connectivity index (χ1n) is 7.25. The number of nitrogens with zero attached hydrogens (tertiary/aromatic N) is 2. The van der Waals surface area contributed by atoms with Gasteiger partial charge in [0.05, 0.1) is 14.2 Å². The first-order valence-corrected chi connectivity index (χ1v) is 7.25. The van der Waals surface area contributed by atoms with Gasteiger partial charge in [-0.2, -0.15) is 4.98 Å². The van der Waals surface area contributed by atoms with Crippen molar-refractivity contribution in [2.45, 2.75) is 26.3 Å². The summed E-state index contributed by atoms with van der Waals surface area (Å²) in [5.74, 6) is 2.53. The third-order valence-electron chi connectivity index (χ3n) is 3.26.